The molecule has 1 aliphatic rings. The number of aromatic nitrogens is 1. The lowest BCUT2D eigenvalue weighted by Crippen LogP contribution is -2.47. The summed E-state index contributed by atoms with van der Waals surface area (Å²) < 4.78 is 12.9. The maximum Gasteiger partial charge on any atom is 0.237 e. The zero-order valence-electron chi connectivity index (χ0n) is 14.9. The van der Waals surface area contributed by atoms with Crippen LogP contribution in [0.1, 0.15) is 62.6 Å². The molecule has 2 heterocycles. The van der Waals surface area contributed by atoms with Crippen molar-refractivity contribution in [3.63, 3.8) is 0 Å². The second kappa shape index (κ2) is 8.35. The molecule has 2 rings (SSSR count). The smallest absolute Gasteiger partial charge is 0.237 e. The Labute approximate surface area is 143 Å². The summed E-state index contributed by atoms with van der Waals surface area (Å²) in [4.78, 5) is 11.2. The molecule has 1 aromatic heterocycles. The second-order valence-corrected chi connectivity index (χ2v) is 6.76. The van der Waals surface area contributed by atoms with Gasteiger partial charge in [0.15, 0.2) is 12.0 Å². The molecule has 6 heteroatoms. The Balaban J connectivity index is 1.88. The van der Waals surface area contributed by atoms with Crippen molar-refractivity contribution >= 4 is 5.69 Å². The van der Waals surface area contributed by atoms with Crippen molar-refractivity contribution in [1.29, 1.82) is 0 Å². The number of hydrogen-bond acceptors (Lipinski definition) is 5. The number of allylic oxidation sites excluding steroid dienone is 1. The molecule has 132 valence electrons. The Kier molecular flexibility index (Phi) is 6.45. The van der Waals surface area contributed by atoms with E-state index in [1.807, 2.05) is 0 Å². The van der Waals surface area contributed by atoms with Crippen LogP contribution in [0.25, 0.3) is 0 Å². The van der Waals surface area contributed by atoms with E-state index in [2.05, 4.69) is 25.6 Å². The van der Waals surface area contributed by atoms with Crippen molar-refractivity contribution in [3.05, 3.63) is 40.1 Å². The molecular weight excluding hydrogens is 306 g/mol. The van der Waals surface area contributed by atoms with Crippen LogP contribution in [0, 0.1) is 17.7 Å². The number of ether oxygens (including phenoxy) is 2. The zero-order valence-corrected chi connectivity index (χ0v) is 14.9. The Hall–Kier alpha value is -1.79. The van der Waals surface area contributed by atoms with Gasteiger partial charge in [-0.2, -0.15) is 0 Å². The van der Waals surface area contributed by atoms with Crippen LogP contribution in [0.5, 0.6) is 0 Å². The Morgan fingerprint density at radius 1 is 1.58 bits per heavy atom. The predicted octanol–water partition coefficient (Wildman–Crippen LogP) is 3.71. The van der Waals surface area contributed by atoms with Gasteiger partial charge in [-0.25, -0.2) is 5.84 Å². The van der Waals surface area contributed by atoms with E-state index in [1.54, 1.807) is 13.1 Å². The van der Waals surface area contributed by atoms with E-state index in [-0.39, 0.29) is 0 Å². The number of fused-ring (bicyclic) bond motifs is 1. The fraction of sp³-hybridized carbons (Fsp3) is 0.611. The average Bonchev–Trinajstić information content (AvgIpc) is 2.93. The fourth-order valence-electron chi connectivity index (χ4n) is 2.94. The highest BCUT2D eigenvalue weighted by molar-refractivity contribution is 5.52. The standard InChI is InChI=1S/C18H28N3O3/c1-12(2)7-8-13(3)6-5-9-23-18-16-15(11-24-18)10-21(19)14(4)17(16)20-22/h10,13,18H,1,5-9,11,19H2,2-4H3/q+1/t13-,18?/m1/s1. The molecule has 6 nitrogen and oxygen atoms in total. The second-order valence-electron chi connectivity index (χ2n) is 6.76. The number of pyridine rings is 1. The molecule has 2 N–H and O–H groups in total. The van der Waals surface area contributed by atoms with Gasteiger partial charge in [-0.05, 0) is 43.7 Å². The topological polar surface area (TPSA) is 77.8 Å². The van der Waals surface area contributed by atoms with Gasteiger partial charge >= 0.3 is 0 Å². The summed E-state index contributed by atoms with van der Waals surface area (Å²) in [5.74, 6) is 6.48. The first-order chi connectivity index (χ1) is 11.4. The van der Waals surface area contributed by atoms with Gasteiger partial charge in [0.25, 0.3) is 0 Å². The molecular formula is C18H28N3O3+. The van der Waals surface area contributed by atoms with Gasteiger partial charge in [-0.15, -0.1) is 11.5 Å². The van der Waals surface area contributed by atoms with Crippen LogP contribution in [0.4, 0.5) is 5.69 Å². The summed E-state index contributed by atoms with van der Waals surface area (Å²) in [5.41, 5.74) is 3.75. The first kappa shape index (κ1) is 18.5. The molecule has 0 bridgehead atoms. The van der Waals surface area contributed by atoms with E-state index < -0.39 is 6.29 Å². The van der Waals surface area contributed by atoms with Gasteiger partial charge in [0, 0.05) is 6.92 Å². The van der Waals surface area contributed by atoms with Crippen molar-refractivity contribution in [3.8, 4) is 0 Å². The van der Waals surface area contributed by atoms with Crippen molar-refractivity contribution in [1.82, 2.24) is 0 Å². The van der Waals surface area contributed by atoms with Gasteiger partial charge in [-0.3, -0.25) is 0 Å². The lowest BCUT2D eigenvalue weighted by atomic mass is 9.98. The summed E-state index contributed by atoms with van der Waals surface area (Å²) in [7, 11) is 0. The van der Waals surface area contributed by atoms with Gasteiger partial charge < -0.3 is 9.47 Å². The van der Waals surface area contributed by atoms with Crippen molar-refractivity contribution < 1.29 is 14.1 Å². The van der Waals surface area contributed by atoms with Crippen LogP contribution in [-0.4, -0.2) is 6.61 Å². The molecule has 0 spiro atoms. The lowest BCUT2D eigenvalue weighted by molar-refractivity contribution is -0.645. The molecule has 0 saturated heterocycles. The number of hydrogen-bond donors (Lipinski definition) is 1. The molecule has 0 radical (unpaired) electrons. The van der Waals surface area contributed by atoms with Crippen LogP contribution in [-0.2, 0) is 16.1 Å². The summed E-state index contributed by atoms with van der Waals surface area (Å²) in [6.07, 6.45) is 5.53. The van der Waals surface area contributed by atoms with E-state index >= 15 is 0 Å². The highest BCUT2D eigenvalue weighted by Crippen LogP contribution is 2.38. The predicted molar refractivity (Wildman–Crippen MR) is 92.9 cm³/mol. The van der Waals surface area contributed by atoms with Gasteiger partial charge in [-0.1, -0.05) is 17.2 Å². The van der Waals surface area contributed by atoms with E-state index in [0.717, 1.165) is 36.8 Å². The van der Waals surface area contributed by atoms with Crippen LogP contribution in [0.2, 0.25) is 0 Å². The van der Waals surface area contributed by atoms with Crippen LogP contribution >= 0.6 is 0 Å². The summed E-state index contributed by atoms with van der Waals surface area (Å²) in [6.45, 7) is 11.0. The van der Waals surface area contributed by atoms with Gasteiger partial charge in [0.2, 0.25) is 11.9 Å². The molecule has 1 aromatic rings. The van der Waals surface area contributed by atoms with Gasteiger partial charge in [0.05, 0.1) is 24.3 Å². The minimum atomic E-state index is -0.529. The molecule has 0 aromatic carbocycles. The molecule has 0 fully saturated rings. The monoisotopic (exact) mass is 334 g/mol. The van der Waals surface area contributed by atoms with Gasteiger partial charge in [0.1, 0.15) is 0 Å². The third kappa shape index (κ3) is 4.39. The third-order valence-electron chi connectivity index (χ3n) is 4.52. The number of nitrogen functional groups attached to an aromatic ring is 1. The maximum absolute atomic E-state index is 11.2. The molecule has 2 atom stereocenters. The largest absolute Gasteiger partial charge is 0.348 e. The highest BCUT2D eigenvalue weighted by atomic mass is 16.7. The normalized spacial score (nSPS) is 17.5. The summed E-state index contributed by atoms with van der Waals surface area (Å²) in [6, 6.07) is 0. The molecule has 1 aliphatic heterocycles. The maximum atomic E-state index is 11.2. The zero-order chi connectivity index (χ0) is 17.7. The fourth-order valence-corrected chi connectivity index (χ4v) is 2.94. The van der Waals surface area contributed by atoms with Crippen LogP contribution < -0.4 is 10.5 Å². The van der Waals surface area contributed by atoms with Crippen LogP contribution in [0.3, 0.4) is 0 Å². The minimum absolute atomic E-state index is 0.326. The molecule has 0 saturated carbocycles. The number of nitroso groups, excluding NO2 is 1. The number of nitrogens with two attached hydrogens (primary N) is 1. The third-order valence-corrected chi connectivity index (χ3v) is 4.52. The summed E-state index contributed by atoms with van der Waals surface area (Å²) in [5, 5.41) is 3.13. The SMILES string of the molecule is C=C(C)CC[C@H](C)CCCOC1OCc2c[n+](N)c(C)c(N=O)c21. The van der Waals surface area contributed by atoms with Crippen molar-refractivity contribution in [2.24, 2.45) is 11.1 Å². The average molecular weight is 334 g/mol. The van der Waals surface area contributed by atoms with E-state index in [1.165, 1.54) is 10.2 Å². The molecule has 24 heavy (non-hydrogen) atoms. The van der Waals surface area contributed by atoms with Crippen LogP contribution in [0.15, 0.2) is 23.5 Å². The Morgan fingerprint density at radius 2 is 2.33 bits per heavy atom. The Bertz CT molecular complexity index is 616. The first-order valence-electron chi connectivity index (χ1n) is 8.48. The van der Waals surface area contributed by atoms with E-state index in [4.69, 9.17) is 15.3 Å². The Morgan fingerprint density at radius 3 is 3.00 bits per heavy atom. The quantitative estimate of drug-likeness (QED) is 0.245. The number of rotatable bonds is 9. The van der Waals surface area contributed by atoms with E-state index in [9.17, 15) is 4.91 Å². The molecule has 0 aliphatic carbocycles. The first-order valence-corrected chi connectivity index (χ1v) is 8.48. The minimum Gasteiger partial charge on any atom is -0.348 e. The number of nitrogens with zero attached hydrogens (tertiary/aromatic N) is 2. The summed E-state index contributed by atoms with van der Waals surface area (Å²) >= 11 is 0. The van der Waals surface area contributed by atoms with E-state index in [0.29, 0.717) is 30.5 Å². The molecule has 0 amide bonds. The van der Waals surface area contributed by atoms with Crippen molar-refractivity contribution in [2.75, 3.05) is 12.4 Å². The highest BCUT2D eigenvalue weighted by Gasteiger charge is 2.33. The van der Waals surface area contributed by atoms with Crippen molar-refractivity contribution in [2.45, 2.75) is 59.4 Å². The lowest BCUT2D eigenvalue weighted by Gasteiger charge is -2.15. The molecule has 1 unspecified atom stereocenters.